The van der Waals surface area contributed by atoms with Crippen LogP contribution in [0.1, 0.15) is 17.9 Å². The fraction of sp³-hybridized carbons (Fsp3) is 0.375. The molecule has 3 rings (SSSR count). The van der Waals surface area contributed by atoms with E-state index in [0.717, 1.165) is 4.90 Å². The third-order valence-electron chi connectivity index (χ3n) is 4.14. The average molecular weight is 340 g/mol. The molecule has 1 aliphatic rings. The van der Waals surface area contributed by atoms with Crippen LogP contribution in [0.5, 0.6) is 0 Å². The lowest BCUT2D eigenvalue weighted by molar-refractivity contribution is -0.159. The number of benzene rings is 1. The average Bonchev–Trinajstić information content (AvgIpc) is 3.08. The lowest BCUT2D eigenvalue weighted by Crippen LogP contribution is -2.35. The number of para-hydroxylation sites is 1. The van der Waals surface area contributed by atoms with Gasteiger partial charge in [-0.2, -0.15) is 13.2 Å². The van der Waals surface area contributed by atoms with Crippen molar-refractivity contribution in [2.75, 3.05) is 13.2 Å². The molecule has 0 N–H and O–H groups in total. The summed E-state index contributed by atoms with van der Waals surface area (Å²) >= 11 is 0. The molecule has 0 saturated carbocycles. The maximum Gasteiger partial charge on any atom is 0.416 e. The number of imide groups is 1. The SMILES string of the molecule is Cn1cc([C@H](CC(=O)N2CCOC2=O)C(F)(F)F)c2ccccc21. The lowest BCUT2D eigenvalue weighted by Gasteiger charge is -2.21. The number of hydrogen-bond donors (Lipinski definition) is 0. The summed E-state index contributed by atoms with van der Waals surface area (Å²) in [6.45, 7) is -0.00664. The van der Waals surface area contributed by atoms with Gasteiger partial charge in [0.05, 0.1) is 12.5 Å². The number of hydrogen-bond acceptors (Lipinski definition) is 3. The van der Waals surface area contributed by atoms with E-state index >= 15 is 0 Å². The number of carbonyl (C=O) groups excluding carboxylic acids is 2. The first-order valence-corrected chi connectivity index (χ1v) is 7.37. The molecule has 1 atom stereocenters. The third-order valence-corrected chi connectivity index (χ3v) is 4.14. The second kappa shape index (κ2) is 5.85. The van der Waals surface area contributed by atoms with E-state index in [0.29, 0.717) is 10.9 Å². The molecule has 0 unspecified atom stereocenters. The molecular formula is C16H15F3N2O3. The number of halogens is 3. The van der Waals surface area contributed by atoms with Crippen molar-refractivity contribution in [2.45, 2.75) is 18.5 Å². The summed E-state index contributed by atoms with van der Waals surface area (Å²) in [6, 6.07) is 6.70. The first kappa shape index (κ1) is 16.4. The number of alkyl halides is 3. The minimum atomic E-state index is -4.61. The van der Waals surface area contributed by atoms with E-state index in [1.54, 1.807) is 35.9 Å². The third kappa shape index (κ3) is 2.83. The largest absolute Gasteiger partial charge is 0.447 e. The number of ether oxygens (including phenoxy) is 1. The van der Waals surface area contributed by atoms with E-state index in [2.05, 4.69) is 4.74 Å². The van der Waals surface area contributed by atoms with Crippen LogP contribution in [0.3, 0.4) is 0 Å². The van der Waals surface area contributed by atoms with E-state index in [4.69, 9.17) is 0 Å². The summed E-state index contributed by atoms with van der Waals surface area (Å²) in [5.41, 5.74) is 0.677. The highest BCUT2D eigenvalue weighted by atomic mass is 19.4. The molecule has 0 spiro atoms. The van der Waals surface area contributed by atoms with E-state index in [1.807, 2.05) is 0 Å². The van der Waals surface area contributed by atoms with Gasteiger partial charge in [0.1, 0.15) is 6.61 Å². The predicted octanol–water partition coefficient (Wildman–Crippen LogP) is 3.19. The maximum absolute atomic E-state index is 13.6. The summed E-state index contributed by atoms with van der Waals surface area (Å²) in [6.07, 6.45) is -4.94. The Hall–Kier alpha value is -2.51. The molecule has 0 aliphatic carbocycles. The molecule has 2 amide bonds. The van der Waals surface area contributed by atoms with Crippen molar-refractivity contribution in [3.8, 4) is 0 Å². The van der Waals surface area contributed by atoms with Gasteiger partial charge in [0, 0.05) is 30.6 Å². The Labute approximate surface area is 135 Å². The Balaban J connectivity index is 1.98. The first-order chi connectivity index (χ1) is 11.3. The highest BCUT2D eigenvalue weighted by molar-refractivity contribution is 5.94. The van der Waals surface area contributed by atoms with Gasteiger partial charge in [-0.05, 0) is 11.6 Å². The Morgan fingerprint density at radius 1 is 1.33 bits per heavy atom. The van der Waals surface area contributed by atoms with Gasteiger partial charge in [-0.15, -0.1) is 0 Å². The zero-order chi connectivity index (χ0) is 17.5. The topological polar surface area (TPSA) is 51.5 Å². The van der Waals surface area contributed by atoms with Gasteiger partial charge in [-0.3, -0.25) is 4.79 Å². The number of nitrogens with zero attached hydrogens (tertiary/aromatic N) is 2. The molecule has 1 saturated heterocycles. The minimum Gasteiger partial charge on any atom is -0.447 e. The predicted molar refractivity (Wildman–Crippen MR) is 79.4 cm³/mol. The molecule has 1 aromatic heterocycles. The molecule has 8 heteroatoms. The van der Waals surface area contributed by atoms with Gasteiger partial charge in [0.2, 0.25) is 5.91 Å². The first-order valence-electron chi connectivity index (χ1n) is 7.37. The van der Waals surface area contributed by atoms with Gasteiger partial charge in [-0.1, -0.05) is 18.2 Å². The van der Waals surface area contributed by atoms with Crippen LogP contribution in [0.25, 0.3) is 10.9 Å². The van der Waals surface area contributed by atoms with Crippen LogP contribution >= 0.6 is 0 Å². The standard InChI is InChI=1S/C16H15F3N2O3/c1-20-9-11(10-4-2-3-5-13(10)20)12(16(17,18)19)8-14(22)21-6-7-24-15(21)23/h2-5,9,12H,6-8H2,1H3/t12-/m0/s1. The second-order valence-corrected chi connectivity index (χ2v) is 5.67. The Morgan fingerprint density at radius 3 is 2.67 bits per heavy atom. The van der Waals surface area contributed by atoms with Gasteiger partial charge in [-0.25, -0.2) is 9.69 Å². The number of amides is 2. The van der Waals surface area contributed by atoms with Crippen LogP contribution in [-0.2, 0) is 16.6 Å². The second-order valence-electron chi connectivity index (χ2n) is 5.67. The Bertz CT molecular complexity index is 797. The molecule has 0 bridgehead atoms. The van der Waals surface area contributed by atoms with E-state index in [-0.39, 0.29) is 18.7 Å². The monoisotopic (exact) mass is 340 g/mol. The number of aryl methyl sites for hydroxylation is 1. The molecule has 128 valence electrons. The highest BCUT2D eigenvalue weighted by Gasteiger charge is 2.45. The van der Waals surface area contributed by atoms with Gasteiger partial charge >= 0.3 is 12.3 Å². The van der Waals surface area contributed by atoms with E-state index in [9.17, 15) is 22.8 Å². The molecule has 0 radical (unpaired) electrons. The van der Waals surface area contributed by atoms with Crippen LogP contribution in [0.2, 0.25) is 0 Å². The lowest BCUT2D eigenvalue weighted by atomic mass is 9.94. The fourth-order valence-corrected chi connectivity index (χ4v) is 2.96. The fourth-order valence-electron chi connectivity index (χ4n) is 2.96. The summed E-state index contributed by atoms with van der Waals surface area (Å²) in [5.74, 6) is -2.86. The summed E-state index contributed by atoms with van der Waals surface area (Å²) in [4.78, 5) is 24.3. The Morgan fingerprint density at radius 2 is 2.04 bits per heavy atom. The van der Waals surface area contributed by atoms with Crippen molar-refractivity contribution >= 4 is 22.9 Å². The van der Waals surface area contributed by atoms with Crippen LogP contribution in [0.4, 0.5) is 18.0 Å². The molecule has 1 aliphatic heterocycles. The number of carbonyl (C=O) groups is 2. The molecule has 2 aromatic rings. The highest BCUT2D eigenvalue weighted by Crippen LogP contribution is 2.41. The Kier molecular flexibility index (Phi) is 3.98. The van der Waals surface area contributed by atoms with Crippen molar-refractivity contribution in [3.63, 3.8) is 0 Å². The van der Waals surface area contributed by atoms with Crippen molar-refractivity contribution in [1.29, 1.82) is 0 Å². The van der Waals surface area contributed by atoms with Crippen LogP contribution < -0.4 is 0 Å². The van der Waals surface area contributed by atoms with E-state index in [1.165, 1.54) is 6.20 Å². The quantitative estimate of drug-likeness (QED) is 0.862. The molecular weight excluding hydrogens is 325 g/mol. The zero-order valence-corrected chi connectivity index (χ0v) is 12.8. The van der Waals surface area contributed by atoms with E-state index < -0.39 is 30.5 Å². The van der Waals surface area contributed by atoms with Crippen LogP contribution in [0.15, 0.2) is 30.5 Å². The van der Waals surface area contributed by atoms with Gasteiger partial charge in [0.25, 0.3) is 0 Å². The van der Waals surface area contributed by atoms with Crippen molar-refractivity contribution in [3.05, 3.63) is 36.0 Å². The van der Waals surface area contributed by atoms with Crippen LogP contribution in [0, 0.1) is 0 Å². The minimum absolute atomic E-state index is 0.00945. The van der Waals surface area contributed by atoms with Gasteiger partial charge in [0.15, 0.2) is 0 Å². The van der Waals surface area contributed by atoms with Crippen molar-refractivity contribution < 1.29 is 27.5 Å². The van der Waals surface area contributed by atoms with Crippen LogP contribution in [-0.4, -0.2) is 40.8 Å². The smallest absolute Gasteiger partial charge is 0.416 e. The molecule has 24 heavy (non-hydrogen) atoms. The number of cyclic esters (lactones) is 1. The normalized spacial score (nSPS) is 16.5. The van der Waals surface area contributed by atoms with Gasteiger partial charge < -0.3 is 9.30 Å². The summed E-state index contributed by atoms with van der Waals surface area (Å²) < 4.78 is 47.0. The number of aromatic nitrogens is 1. The summed E-state index contributed by atoms with van der Waals surface area (Å²) in [7, 11) is 1.65. The van der Waals surface area contributed by atoms with Crippen molar-refractivity contribution in [2.24, 2.45) is 7.05 Å². The molecule has 5 nitrogen and oxygen atoms in total. The molecule has 1 fully saturated rings. The number of fused-ring (bicyclic) bond motifs is 1. The molecule has 1 aromatic carbocycles. The summed E-state index contributed by atoms with van der Waals surface area (Å²) in [5, 5.41) is 0.444. The zero-order valence-electron chi connectivity index (χ0n) is 12.8. The van der Waals surface area contributed by atoms with Crippen molar-refractivity contribution in [1.82, 2.24) is 9.47 Å². The molecule has 2 heterocycles. The number of rotatable bonds is 3. The maximum atomic E-state index is 13.6.